The number of nitrogens with one attached hydrogen (secondary N) is 1. The van der Waals surface area contributed by atoms with Gasteiger partial charge in [0.25, 0.3) is 0 Å². The van der Waals surface area contributed by atoms with Crippen LogP contribution in [-0.2, 0) is 6.42 Å². The van der Waals surface area contributed by atoms with Crippen molar-refractivity contribution in [3.63, 3.8) is 0 Å². The molecule has 1 atom stereocenters. The molecule has 3 heterocycles. The number of pyridine rings is 1. The summed E-state index contributed by atoms with van der Waals surface area (Å²) in [6.45, 7) is 2.42. The van der Waals surface area contributed by atoms with E-state index in [2.05, 4.69) is 14.9 Å². The molecule has 170 valence electrons. The van der Waals surface area contributed by atoms with Crippen molar-refractivity contribution in [1.82, 2.24) is 14.9 Å². The minimum Gasteiger partial charge on any atom is -0.465 e. The molecule has 2 N–H and O–H groups in total. The lowest BCUT2D eigenvalue weighted by atomic mass is 9.98. The highest BCUT2D eigenvalue weighted by Gasteiger charge is 2.29. The smallest absolute Gasteiger partial charge is 0.413 e. The number of aromatic amines is 1. The molecule has 1 amide bonds. The first kappa shape index (κ1) is 23.1. The van der Waals surface area contributed by atoms with Crippen LogP contribution in [0.2, 0.25) is 0 Å². The second kappa shape index (κ2) is 9.43. The number of hydrogen-bond acceptors (Lipinski definition) is 3. The van der Waals surface area contributed by atoms with Gasteiger partial charge < -0.3 is 15.0 Å². The monoisotopic (exact) mass is 498 g/mol. The summed E-state index contributed by atoms with van der Waals surface area (Å²) in [4.78, 5) is 22.8. The Morgan fingerprint density at radius 1 is 1.34 bits per heavy atom. The Balaban J connectivity index is 1.44. The van der Waals surface area contributed by atoms with Crippen molar-refractivity contribution in [1.29, 1.82) is 0 Å². The van der Waals surface area contributed by atoms with Crippen LogP contribution in [0, 0.1) is 5.82 Å². The van der Waals surface area contributed by atoms with E-state index in [4.69, 9.17) is 34.8 Å². The maximum atomic E-state index is 13.5. The van der Waals surface area contributed by atoms with Gasteiger partial charge in [-0.3, -0.25) is 4.90 Å². The van der Waals surface area contributed by atoms with E-state index in [0.29, 0.717) is 18.0 Å². The van der Waals surface area contributed by atoms with E-state index in [1.54, 1.807) is 18.2 Å². The predicted molar refractivity (Wildman–Crippen MR) is 126 cm³/mol. The number of carboxylic acid groups (broad SMARTS) is 1. The number of fused-ring (bicyclic) bond motifs is 1. The molecule has 3 aromatic rings. The van der Waals surface area contributed by atoms with Gasteiger partial charge in [0, 0.05) is 49.4 Å². The number of anilines is 1. The zero-order valence-corrected chi connectivity index (χ0v) is 19.3. The molecule has 1 aliphatic rings. The van der Waals surface area contributed by atoms with Crippen LogP contribution in [-0.4, -0.2) is 56.0 Å². The van der Waals surface area contributed by atoms with Crippen molar-refractivity contribution < 1.29 is 14.3 Å². The molecule has 0 aliphatic carbocycles. The minimum atomic E-state index is -1.55. The second-order valence-corrected chi connectivity index (χ2v) is 10.4. The Kier molecular flexibility index (Phi) is 6.81. The molecule has 0 spiro atoms. The van der Waals surface area contributed by atoms with Crippen LogP contribution >= 0.6 is 34.8 Å². The summed E-state index contributed by atoms with van der Waals surface area (Å²) in [5.74, 6) is 0.305. The molecule has 6 nitrogen and oxygen atoms in total. The lowest BCUT2D eigenvalue weighted by Gasteiger charge is -2.25. The number of halogens is 4. The number of hydrogen-bond donors (Lipinski definition) is 2. The van der Waals surface area contributed by atoms with Crippen molar-refractivity contribution in [2.75, 3.05) is 31.1 Å². The van der Waals surface area contributed by atoms with E-state index in [0.717, 1.165) is 36.0 Å². The van der Waals surface area contributed by atoms with Gasteiger partial charge in [-0.2, -0.15) is 0 Å². The summed E-state index contributed by atoms with van der Waals surface area (Å²) < 4.78 is 11.9. The van der Waals surface area contributed by atoms with Gasteiger partial charge in [-0.05, 0) is 54.3 Å². The molecule has 1 unspecified atom stereocenters. The van der Waals surface area contributed by atoms with Crippen LogP contribution in [0.15, 0.2) is 42.7 Å². The number of H-pyrrole nitrogens is 1. The first-order valence-electron chi connectivity index (χ1n) is 10.2. The van der Waals surface area contributed by atoms with Crippen molar-refractivity contribution in [3.05, 3.63) is 59.7 Å². The fourth-order valence-corrected chi connectivity index (χ4v) is 4.74. The largest absolute Gasteiger partial charge is 0.465 e. The average molecular weight is 500 g/mol. The minimum absolute atomic E-state index is 0.0531. The first-order chi connectivity index (χ1) is 15.2. The summed E-state index contributed by atoms with van der Waals surface area (Å²) in [6.07, 6.45) is 3.36. The fraction of sp³-hybridized carbons (Fsp3) is 0.364. The van der Waals surface area contributed by atoms with E-state index in [9.17, 15) is 14.3 Å². The Labute approximate surface area is 199 Å². The zero-order chi connectivity index (χ0) is 22.9. The highest BCUT2D eigenvalue weighted by Crippen LogP contribution is 2.34. The fourth-order valence-electron chi connectivity index (χ4n) is 4.31. The van der Waals surface area contributed by atoms with Crippen LogP contribution in [0.25, 0.3) is 10.9 Å². The molecule has 0 saturated carbocycles. The van der Waals surface area contributed by atoms with Crippen LogP contribution in [0.3, 0.4) is 0 Å². The summed E-state index contributed by atoms with van der Waals surface area (Å²) in [5, 5.41) is 10.8. The van der Waals surface area contributed by atoms with Gasteiger partial charge in [0.2, 0.25) is 0 Å². The van der Waals surface area contributed by atoms with Gasteiger partial charge in [0.15, 0.2) is 3.79 Å². The van der Waals surface area contributed by atoms with E-state index >= 15 is 0 Å². The van der Waals surface area contributed by atoms with E-state index in [-0.39, 0.29) is 24.6 Å². The molecular formula is C22H22Cl3FN4O2. The third-order valence-corrected chi connectivity index (χ3v) is 6.17. The van der Waals surface area contributed by atoms with Crippen LogP contribution < -0.4 is 4.90 Å². The number of amides is 1. The molecular weight excluding hydrogens is 478 g/mol. The van der Waals surface area contributed by atoms with Crippen LogP contribution in [0.1, 0.15) is 23.5 Å². The average Bonchev–Trinajstić information content (AvgIpc) is 3.34. The van der Waals surface area contributed by atoms with Crippen LogP contribution in [0.5, 0.6) is 0 Å². The van der Waals surface area contributed by atoms with Crippen LogP contribution in [0.4, 0.5) is 15.0 Å². The number of aromatic nitrogens is 2. The number of benzene rings is 1. The summed E-state index contributed by atoms with van der Waals surface area (Å²) >= 11 is 17.8. The third kappa shape index (κ3) is 5.29. The van der Waals surface area contributed by atoms with E-state index < -0.39 is 9.89 Å². The molecule has 10 heteroatoms. The molecule has 0 bridgehead atoms. The Hall–Kier alpha value is -2.06. The van der Waals surface area contributed by atoms with Gasteiger partial charge in [-0.15, -0.1) is 0 Å². The summed E-state index contributed by atoms with van der Waals surface area (Å²) in [6, 6.07) is 8.18. The Morgan fingerprint density at radius 2 is 2.16 bits per heavy atom. The lowest BCUT2D eigenvalue weighted by molar-refractivity contribution is 0.200. The molecule has 1 saturated heterocycles. The van der Waals surface area contributed by atoms with Gasteiger partial charge in [-0.1, -0.05) is 40.9 Å². The van der Waals surface area contributed by atoms with Crippen molar-refractivity contribution in [2.45, 2.75) is 22.6 Å². The molecule has 2 aromatic heterocycles. The van der Waals surface area contributed by atoms with Gasteiger partial charge >= 0.3 is 6.09 Å². The standard InChI is InChI=1S/C22H22Cl3FN4O2/c23-22(24,25)11-14-2-1-6-27-20(14)30(21(31)32)9-8-29-7-5-15(13-29)18-12-28-19-10-16(26)3-4-17(18)19/h1-4,6,10,12,15,28H,5,7-9,11,13H2,(H,31,32). The van der Waals surface area contributed by atoms with Gasteiger partial charge in [0.1, 0.15) is 11.6 Å². The number of alkyl halides is 3. The molecule has 1 fully saturated rings. The van der Waals surface area contributed by atoms with Gasteiger partial charge in [-0.25, -0.2) is 14.2 Å². The molecule has 32 heavy (non-hydrogen) atoms. The quantitative estimate of drug-likeness (QED) is 0.434. The molecule has 1 aromatic carbocycles. The Morgan fingerprint density at radius 3 is 2.91 bits per heavy atom. The van der Waals surface area contributed by atoms with Gasteiger partial charge in [0.05, 0.1) is 0 Å². The molecule has 0 radical (unpaired) electrons. The van der Waals surface area contributed by atoms with E-state index in [1.165, 1.54) is 23.2 Å². The number of carbonyl (C=O) groups is 1. The van der Waals surface area contributed by atoms with E-state index in [1.807, 2.05) is 6.20 Å². The topological polar surface area (TPSA) is 72.5 Å². The number of rotatable bonds is 6. The number of likely N-dealkylation sites (tertiary alicyclic amines) is 1. The number of nitrogens with zero attached hydrogens (tertiary/aromatic N) is 3. The van der Waals surface area contributed by atoms with Crippen molar-refractivity contribution in [3.8, 4) is 0 Å². The van der Waals surface area contributed by atoms with Crippen molar-refractivity contribution in [2.24, 2.45) is 0 Å². The molecule has 4 rings (SSSR count). The Bertz CT molecular complexity index is 1120. The van der Waals surface area contributed by atoms with Crippen molar-refractivity contribution >= 4 is 57.6 Å². The maximum Gasteiger partial charge on any atom is 0.413 e. The first-order valence-corrected chi connectivity index (χ1v) is 11.3. The summed E-state index contributed by atoms with van der Waals surface area (Å²) in [5.41, 5.74) is 2.50. The lowest BCUT2D eigenvalue weighted by Crippen LogP contribution is -2.38. The maximum absolute atomic E-state index is 13.5. The zero-order valence-electron chi connectivity index (χ0n) is 17.1. The normalized spacial score (nSPS) is 17.2. The third-order valence-electron chi connectivity index (χ3n) is 5.77. The SMILES string of the molecule is O=C(O)N(CCN1CCC(c2c[nH]c3cc(F)ccc23)C1)c1ncccc1CC(Cl)(Cl)Cl. The highest BCUT2D eigenvalue weighted by atomic mass is 35.6. The summed E-state index contributed by atoms with van der Waals surface area (Å²) in [7, 11) is 0. The second-order valence-electron chi connectivity index (χ2n) is 7.93. The predicted octanol–water partition coefficient (Wildman–Crippen LogP) is 5.59. The molecule has 1 aliphatic heterocycles. The highest BCUT2D eigenvalue weighted by molar-refractivity contribution is 6.67.